The summed E-state index contributed by atoms with van der Waals surface area (Å²) in [5, 5.41) is 25.3. The molecule has 0 radical (unpaired) electrons. The van der Waals surface area contributed by atoms with Gasteiger partial charge in [0.25, 0.3) is 0 Å². The second-order valence-corrected chi connectivity index (χ2v) is 3.20. The summed E-state index contributed by atoms with van der Waals surface area (Å²) >= 11 is 1.43. The van der Waals surface area contributed by atoms with Crippen molar-refractivity contribution in [2.45, 2.75) is 12.5 Å². The lowest BCUT2D eigenvalue weighted by Crippen LogP contribution is -2.19. The number of hydrogen-bond donors (Lipinski definition) is 3. The lowest BCUT2D eigenvalue weighted by atomic mass is 10.3. The van der Waals surface area contributed by atoms with Crippen molar-refractivity contribution < 1.29 is 20.1 Å². The fourth-order valence-corrected chi connectivity index (χ4v) is 1.21. The van der Waals surface area contributed by atoms with Gasteiger partial charge in [-0.25, -0.2) is 4.79 Å². The topological polar surface area (TPSA) is 77.8 Å². The normalized spacial score (nSPS) is 12.9. The van der Waals surface area contributed by atoms with Gasteiger partial charge in [0.1, 0.15) is 0 Å². The van der Waals surface area contributed by atoms with Gasteiger partial charge in [0.05, 0.1) is 6.61 Å². The summed E-state index contributed by atoms with van der Waals surface area (Å²) in [7, 11) is 0. The number of carbonyl (C=O) groups is 1. The number of carboxylic acids is 1. The molecule has 0 rings (SSSR count). The first-order chi connectivity index (χ1) is 5.18. The Kier molecular flexibility index (Phi) is 6.30. The Morgan fingerprint density at radius 2 is 2.09 bits per heavy atom. The van der Waals surface area contributed by atoms with Gasteiger partial charge in [-0.15, -0.1) is 0 Å². The van der Waals surface area contributed by atoms with Gasteiger partial charge in [-0.2, -0.15) is 11.8 Å². The molecule has 0 aliphatic heterocycles. The van der Waals surface area contributed by atoms with E-state index in [9.17, 15) is 4.79 Å². The molecule has 0 aliphatic carbocycles. The summed E-state index contributed by atoms with van der Waals surface area (Å²) < 4.78 is 0. The molecule has 0 amide bonds. The van der Waals surface area contributed by atoms with Gasteiger partial charge in [0.2, 0.25) is 0 Å². The van der Waals surface area contributed by atoms with Crippen LogP contribution in [-0.4, -0.2) is 45.5 Å². The molecular weight excluding hydrogens is 168 g/mol. The minimum atomic E-state index is -1.26. The molecule has 5 heteroatoms. The number of rotatable bonds is 6. The molecule has 4 nitrogen and oxygen atoms in total. The highest BCUT2D eigenvalue weighted by Crippen LogP contribution is 2.03. The van der Waals surface area contributed by atoms with Crippen molar-refractivity contribution in [1.29, 1.82) is 0 Å². The molecular formula is C6H12O4S. The molecule has 3 N–H and O–H groups in total. The molecule has 0 aliphatic rings. The van der Waals surface area contributed by atoms with Crippen LogP contribution < -0.4 is 0 Å². The molecule has 0 heterocycles. The number of aliphatic carboxylic acids is 1. The van der Waals surface area contributed by atoms with Crippen molar-refractivity contribution in [3.8, 4) is 0 Å². The van der Waals surface area contributed by atoms with Crippen molar-refractivity contribution in [3.05, 3.63) is 0 Å². The fraction of sp³-hybridized carbons (Fsp3) is 0.833. The van der Waals surface area contributed by atoms with E-state index in [1.165, 1.54) is 11.8 Å². The van der Waals surface area contributed by atoms with Crippen LogP contribution in [0.3, 0.4) is 0 Å². The van der Waals surface area contributed by atoms with Gasteiger partial charge in [0.15, 0.2) is 6.10 Å². The minimum Gasteiger partial charge on any atom is -0.479 e. The van der Waals surface area contributed by atoms with Gasteiger partial charge < -0.3 is 15.3 Å². The molecule has 0 aromatic heterocycles. The predicted octanol–water partition coefficient (Wildman–Crippen LogP) is -0.452. The Morgan fingerprint density at radius 3 is 2.55 bits per heavy atom. The van der Waals surface area contributed by atoms with E-state index in [0.29, 0.717) is 11.5 Å². The van der Waals surface area contributed by atoms with E-state index in [1.54, 1.807) is 0 Å². The van der Waals surface area contributed by atoms with Gasteiger partial charge in [-0.05, 0) is 12.2 Å². The number of thioether (sulfide) groups is 1. The summed E-state index contributed by atoms with van der Waals surface area (Å²) in [6.45, 7) is 0.0911. The standard InChI is InChI=1S/C6H12O4S/c7-2-4-11-3-1-5(8)6(9)10/h5,7-8H,1-4H2,(H,9,10). The molecule has 66 valence electrons. The average Bonchev–Trinajstić information content (AvgIpc) is 1.97. The van der Waals surface area contributed by atoms with Crippen molar-refractivity contribution in [1.82, 2.24) is 0 Å². The van der Waals surface area contributed by atoms with Crippen LogP contribution in [0.4, 0.5) is 0 Å². The van der Waals surface area contributed by atoms with E-state index in [4.69, 9.17) is 15.3 Å². The van der Waals surface area contributed by atoms with Crippen LogP contribution in [-0.2, 0) is 4.79 Å². The third-order valence-electron chi connectivity index (χ3n) is 1.06. The van der Waals surface area contributed by atoms with Gasteiger partial charge >= 0.3 is 5.97 Å². The highest BCUT2D eigenvalue weighted by molar-refractivity contribution is 7.99. The third kappa shape index (κ3) is 6.15. The zero-order valence-electron chi connectivity index (χ0n) is 6.06. The molecule has 0 saturated carbocycles. The lowest BCUT2D eigenvalue weighted by Gasteiger charge is -2.03. The quantitative estimate of drug-likeness (QED) is 0.482. The SMILES string of the molecule is O=C(O)C(O)CCSCCO. The van der Waals surface area contributed by atoms with Crippen LogP contribution in [0, 0.1) is 0 Å². The molecule has 1 atom stereocenters. The van der Waals surface area contributed by atoms with Crippen LogP contribution >= 0.6 is 11.8 Å². The summed E-state index contributed by atoms with van der Waals surface area (Å²) in [4.78, 5) is 10.1. The van der Waals surface area contributed by atoms with E-state index >= 15 is 0 Å². The Balaban J connectivity index is 3.17. The van der Waals surface area contributed by atoms with Crippen molar-refractivity contribution in [2.24, 2.45) is 0 Å². The highest BCUT2D eigenvalue weighted by Gasteiger charge is 2.11. The van der Waals surface area contributed by atoms with Gasteiger partial charge in [-0.3, -0.25) is 0 Å². The van der Waals surface area contributed by atoms with Crippen molar-refractivity contribution in [3.63, 3.8) is 0 Å². The van der Waals surface area contributed by atoms with E-state index < -0.39 is 12.1 Å². The van der Waals surface area contributed by atoms with Crippen LogP contribution in [0.1, 0.15) is 6.42 Å². The number of aliphatic hydroxyl groups excluding tert-OH is 2. The maximum Gasteiger partial charge on any atom is 0.332 e. The average molecular weight is 180 g/mol. The molecule has 11 heavy (non-hydrogen) atoms. The summed E-state index contributed by atoms with van der Waals surface area (Å²) in [5.74, 6) is -0.0324. The zero-order chi connectivity index (χ0) is 8.69. The molecule has 0 aromatic rings. The van der Waals surface area contributed by atoms with Crippen LogP contribution in [0.5, 0.6) is 0 Å². The molecule has 0 fully saturated rings. The molecule has 1 unspecified atom stereocenters. The predicted molar refractivity (Wildman–Crippen MR) is 42.7 cm³/mol. The van der Waals surface area contributed by atoms with Gasteiger partial charge in [-0.1, -0.05) is 0 Å². The Morgan fingerprint density at radius 1 is 1.45 bits per heavy atom. The molecule has 0 saturated heterocycles. The Labute approximate surface area is 69.2 Å². The summed E-state index contributed by atoms with van der Waals surface area (Å²) in [6, 6.07) is 0. The van der Waals surface area contributed by atoms with Crippen LogP contribution in [0.15, 0.2) is 0 Å². The highest BCUT2D eigenvalue weighted by atomic mass is 32.2. The lowest BCUT2D eigenvalue weighted by molar-refractivity contribution is -0.146. The molecule has 0 aromatic carbocycles. The van der Waals surface area contributed by atoms with E-state index in [0.717, 1.165) is 0 Å². The maximum absolute atomic E-state index is 10.1. The van der Waals surface area contributed by atoms with Crippen molar-refractivity contribution >= 4 is 17.7 Å². The van der Waals surface area contributed by atoms with Crippen LogP contribution in [0.25, 0.3) is 0 Å². The Bertz CT molecular complexity index is 117. The minimum absolute atomic E-state index is 0.0911. The zero-order valence-corrected chi connectivity index (χ0v) is 6.88. The molecule has 0 bridgehead atoms. The largest absolute Gasteiger partial charge is 0.479 e. The van der Waals surface area contributed by atoms with E-state index in [1.807, 2.05) is 0 Å². The van der Waals surface area contributed by atoms with E-state index in [2.05, 4.69) is 0 Å². The molecule has 0 spiro atoms. The summed E-state index contributed by atoms with van der Waals surface area (Å²) in [6.07, 6.45) is -1.03. The van der Waals surface area contributed by atoms with E-state index in [-0.39, 0.29) is 13.0 Å². The second kappa shape index (κ2) is 6.45. The monoisotopic (exact) mass is 180 g/mol. The fourth-order valence-electron chi connectivity index (χ4n) is 0.485. The first kappa shape index (κ1) is 10.7. The smallest absolute Gasteiger partial charge is 0.332 e. The number of carboxylic acid groups (broad SMARTS) is 1. The third-order valence-corrected chi connectivity index (χ3v) is 2.05. The van der Waals surface area contributed by atoms with Crippen LogP contribution in [0.2, 0.25) is 0 Å². The van der Waals surface area contributed by atoms with Gasteiger partial charge in [0, 0.05) is 5.75 Å². The Hall–Kier alpha value is -0.260. The number of aliphatic hydroxyl groups is 2. The van der Waals surface area contributed by atoms with Crippen molar-refractivity contribution in [2.75, 3.05) is 18.1 Å². The number of hydrogen-bond acceptors (Lipinski definition) is 4. The first-order valence-corrected chi connectivity index (χ1v) is 4.43. The maximum atomic E-state index is 10.1. The second-order valence-electron chi connectivity index (χ2n) is 1.98. The summed E-state index contributed by atoms with van der Waals surface area (Å²) in [5.41, 5.74) is 0. The first-order valence-electron chi connectivity index (χ1n) is 3.28.